The van der Waals surface area contributed by atoms with Gasteiger partial charge in [0, 0.05) is 40.3 Å². The number of hydrogen-bond acceptors (Lipinski definition) is 7. The van der Waals surface area contributed by atoms with Gasteiger partial charge in [0.25, 0.3) is 0 Å². The average molecular weight is 439 g/mol. The average Bonchev–Trinajstić information content (AvgIpc) is 3.12. The fourth-order valence-electron chi connectivity index (χ4n) is 2.60. The molecule has 138 valence electrons. The van der Waals surface area contributed by atoms with Gasteiger partial charge in [0.05, 0.1) is 10.6 Å². The van der Waals surface area contributed by atoms with Gasteiger partial charge in [-0.2, -0.15) is 0 Å². The minimum Gasteiger partial charge on any atom is -0.502 e. The van der Waals surface area contributed by atoms with E-state index in [1.807, 2.05) is 0 Å². The Morgan fingerprint density at radius 2 is 1.96 bits per heavy atom. The summed E-state index contributed by atoms with van der Waals surface area (Å²) >= 11 is 3.20. The predicted molar refractivity (Wildman–Crippen MR) is 107 cm³/mol. The number of hydrogen-bond donors (Lipinski definition) is 1. The highest BCUT2D eigenvalue weighted by Crippen LogP contribution is 2.33. The minimum absolute atomic E-state index is 0.221. The van der Waals surface area contributed by atoms with Crippen LogP contribution in [0.25, 0.3) is 22.6 Å². The van der Waals surface area contributed by atoms with Crippen molar-refractivity contribution in [3.63, 3.8) is 0 Å². The Bertz CT molecular complexity index is 1220. The standard InChI is InChI=1S/C19H11BrN4O4/c20-13-7-12(18(25)16(8-13)24(26)27)10-22-14-1-2-17-15(9-14)23-19(28-17)11-3-5-21-6-4-11/h1-10,25H. The molecule has 0 unspecified atom stereocenters. The number of nitro benzene ring substituents is 1. The number of phenols is 1. The first-order valence-electron chi connectivity index (χ1n) is 8.03. The van der Waals surface area contributed by atoms with Crippen molar-refractivity contribution in [2.75, 3.05) is 0 Å². The quantitative estimate of drug-likeness (QED) is 0.271. The van der Waals surface area contributed by atoms with Gasteiger partial charge in [-0.3, -0.25) is 20.1 Å². The number of pyridine rings is 1. The van der Waals surface area contributed by atoms with Crippen LogP contribution < -0.4 is 0 Å². The van der Waals surface area contributed by atoms with E-state index in [0.717, 1.165) is 5.56 Å². The maximum Gasteiger partial charge on any atom is 0.312 e. The highest BCUT2D eigenvalue weighted by molar-refractivity contribution is 9.10. The molecule has 4 aromatic rings. The van der Waals surface area contributed by atoms with E-state index in [-0.39, 0.29) is 5.56 Å². The van der Waals surface area contributed by atoms with Gasteiger partial charge >= 0.3 is 5.69 Å². The first-order valence-corrected chi connectivity index (χ1v) is 8.82. The maximum absolute atomic E-state index is 11.0. The van der Waals surface area contributed by atoms with Crippen molar-refractivity contribution < 1.29 is 14.4 Å². The topological polar surface area (TPSA) is 115 Å². The number of nitro groups is 1. The summed E-state index contributed by atoms with van der Waals surface area (Å²) < 4.78 is 6.20. The Kier molecular flexibility index (Phi) is 4.58. The molecular weight excluding hydrogens is 428 g/mol. The smallest absolute Gasteiger partial charge is 0.312 e. The number of nitrogens with zero attached hydrogens (tertiary/aromatic N) is 4. The van der Waals surface area contributed by atoms with Crippen molar-refractivity contribution in [3.05, 3.63) is 75.0 Å². The molecule has 0 bridgehead atoms. The van der Waals surface area contributed by atoms with Crippen LogP contribution in [0.4, 0.5) is 11.4 Å². The number of halogens is 1. The van der Waals surface area contributed by atoms with Crippen LogP contribution in [0.1, 0.15) is 5.56 Å². The van der Waals surface area contributed by atoms with Crippen molar-refractivity contribution in [1.82, 2.24) is 9.97 Å². The van der Waals surface area contributed by atoms with Crippen molar-refractivity contribution >= 4 is 44.6 Å². The van der Waals surface area contributed by atoms with Gasteiger partial charge in [0.2, 0.25) is 11.6 Å². The van der Waals surface area contributed by atoms with E-state index in [1.54, 1.807) is 48.8 Å². The molecule has 0 aliphatic rings. The molecule has 2 heterocycles. The largest absolute Gasteiger partial charge is 0.502 e. The van der Waals surface area contributed by atoms with Gasteiger partial charge in [-0.15, -0.1) is 0 Å². The number of oxazole rings is 1. The Hall–Kier alpha value is -3.59. The fourth-order valence-corrected chi connectivity index (χ4v) is 3.06. The third kappa shape index (κ3) is 3.47. The predicted octanol–water partition coefficient (Wildman–Crippen LogP) is 5.02. The van der Waals surface area contributed by atoms with Crippen LogP contribution in [0.2, 0.25) is 0 Å². The first-order chi connectivity index (χ1) is 13.5. The molecule has 0 spiro atoms. The van der Waals surface area contributed by atoms with E-state index in [4.69, 9.17) is 4.42 Å². The van der Waals surface area contributed by atoms with E-state index >= 15 is 0 Å². The summed E-state index contributed by atoms with van der Waals surface area (Å²) in [4.78, 5) is 23.1. The lowest BCUT2D eigenvalue weighted by atomic mass is 10.2. The highest BCUT2D eigenvalue weighted by Gasteiger charge is 2.17. The molecule has 0 amide bonds. The minimum atomic E-state index is -0.653. The zero-order chi connectivity index (χ0) is 19.7. The summed E-state index contributed by atoms with van der Waals surface area (Å²) in [5.74, 6) is 0.0261. The summed E-state index contributed by atoms with van der Waals surface area (Å²) in [7, 11) is 0. The van der Waals surface area contributed by atoms with Gasteiger partial charge in [-0.25, -0.2) is 4.98 Å². The number of fused-ring (bicyclic) bond motifs is 1. The summed E-state index contributed by atoms with van der Waals surface area (Å²) in [6, 6.07) is 11.6. The van der Waals surface area contributed by atoms with Crippen molar-refractivity contribution in [2.24, 2.45) is 4.99 Å². The normalized spacial score (nSPS) is 11.3. The number of aromatic hydroxyl groups is 1. The van der Waals surface area contributed by atoms with Crippen LogP contribution >= 0.6 is 15.9 Å². The molecule has 9 heteroatoms. The number of aromatic nitrogens is 2. The number of benzene rings is 2. The number of phenolic OH excluding ortho intramolecular Hbond substituents is 1. The number of aliphatic imine (C=N–C) groups is 1. The molecule has 2 aromatic heterocycles. The Balaban J connectivity index is 1.68. The molecule has 4 rings (SSSR count). The fraction of sp³-hybridized carbons (Fsp3) is 0. The molecule has 2 aromatic carbocycles. The third-order valence-electron chi connectivity index (χ3n) is 3.93. The first kappa shape index (κ1) is 17.8. The molecule has 0 radical (unpaired) electrons. The van der Waals surface area contributed by atoms with Crippen molar-refractivity contribution in [2.45, 2.75) is 0 Å². The van der Waals surface area contributed by atoms with Gasteiger partial charge in [-0.05, 0) is 36.4 Å². The van der Waals surface area contributed by atoms with Crippen LogP contribution in [0.5, 0.6) is 5.75 Å². The lowest BCUT2D eigenvalue weighted by Gasteiger charge is -2.01. The van der Waals surface area contributed by atoms with E-state index < -0.39 is 16.4 Å². The summed E-state index contributed by atoms with van der Waals surface area (Å²) in [6.45, 7) is 0. The second kappa shape index (κ2) is 7.20. The highest BCUT2D eigenvalue weighted by atomic mass is 79.9. The summed E-state index contributed by atoms with van der Waals surface area (Å²) in [5.41, 5.74) is 2.41. The van der Waals surface area contributed by atoms with Gasteiger partial charge < -0.3 is 9.52 Å². The molecule has 8 nitrogen and oxygen atoms in total. The second-order valence-corrected chi connectivity index (χ2v) is 6.70. The lowest BCUT2D eigenvalue weighted by molar-refractivity contribution is -0.385. The van der Waals surface area contributed by atoms with Crippen LogP contribution in [-0.4, -0.2) is 26.2 Å². The van der Waals surface area contributed by atoms with Crippen molar-refractivity contribution in [1.29, 1.82) is 0 Å². The zero-order valence-electron chi connectivity index (χ0n) is 14.1. The zero-order valence-corrected chi connectivity index (χ0v) is 15.7. The van der Waals surface area contributed by atoms with E-state index in [0.29, 0.717) is 27.2 Å². The number of rotatable bonds is 4. The summed E-state index contributed by atoms with van der Waals surface area (Å²) in [5, 5.41) is 21.1. The molecule has 0 aliphatic heterocycles. The van der Waals surface area contributed by atoms with Crippen LogP contribution in [-0.2, 0) is 0 Å². The molecule has 0 saturated carbocycles. The Labute approximate surface area is 166 Å². The van der Waals surface area contributed by atoms with E-state index in [9.17, 15) is 15.2 Å². The van der Waals surface area contributed by atoms with Gasteiger partial charge in [0.1, 0.15) is 5.52 Å². The SMILES string of the molecule is O=[N+]([O-])c1cc(Br)cc(C=Nc2ccc3oc(-c4ccncc4)nc3c2)c1O. The van der Waals surface area contributed by atoms with Crippen molar-refractivity contribution in [3.8, 4) is 17.2 Å². The molecule has 1 N–H and O–H groups in total. The van der Waals surface area contributed by atoms with Crippen LogP contribution in [0.3, 0.4) is 0 Å². The maximum atomic E-state index is 11.0. The Morgan fingerprint density at radius 1 is 1.18 bits per heavy atom. The summed E-state index contributed by atoms with van der Waals surface area (Å²) in [6.07, 6.45) is 4.67. The molecule has 0 saturated heterocycles. The molecule has 0 fully saturated rings. The molecular formula is C19H11BrN4O4. The van der Waals surface area contributed by atoms with Gasteiger partial charge in [-0.1, -0.05) is 15.9 Å². The molecule has 0 atom stereocenters. The lowest BCUT2D eigenvalue weighted by Crippen LogP contribution is -1.92. The van der Waals surface area contributed by atoms with E-state index in [2.05, 4.69) is 30.9 Å². The van der Waals surface area contributed by atoms with E-state index in [1.165, 1.54) is 12.3 Å². The van der Waals surface area contributed by atoms with Gasteiger partial charge in [0.15, 0.2) is 5.58 Å². The molecule has 28 heavy (non-hydrogen) atoms. The van der Waals surface area contributed by atoms with Crippen LogP contribution in [0.15, 0.2) is 68.7 Å². The van der Waals surface area contributed by atoms with Crippen LogP contribution in [0, 0.1) is 10.1 Å². The molecule has 0 aliphatic carbocycles. The second-order valence-electron chi connectivity index (χ2n) is 5.78. The monoisotopic (exact) mass is 438 g/mol. The third-order valence-corrected chi connectivity index (χ3v) is 4.39. The Morgan fingerprint density at radius 3 is 2.71 bits per heavy atom.